The lowest BCUT2D eigenvalue weighted by Gasteiger charge is -2.07. The Morgan fingerprint density at radius 3 is 2.53 bits per heavy atom. The maximum atomic E-state index is 11.4. The molecule has 0 amide bonds. The highest BCUT2D eigenvalue weighted by molar-refractivity contribution is 5.81. The van der Waals surface area contributed by atoms with E-state index >= 15 is 0 Å². The van der Waals surface area contributed by atoms with Crippen molar-refractivity contribution in [2.75, 3.05) is 14.2 Å². The van der Waals surface area contributed by atoms with E-state index in [1.54, 1.807) is 12.1 Å². The van der Waals surface area contributed by atoms with Crippen molar-refractivity contribution in [2.24, 2.45) is 0 Å². The van der Waals surface area contributed by atoms with E-state index in [1.807, 2.05) is 0 Å². The van der Waals surface area contributed by atoms with Crippen molar-refractivity contribution in [3.63, 3.8) is 0 Å². The first-order valence-electron chi connectivity index (χ1n) is 4.23. The first-order chi connectivity index (χ1) is 7.26. The Labute approximate surface area is 84.8 Å². The molecular weight excluding hydrogens is 198 g/mol. The molecule has 0 saturated heterocycles. The molecule has 2 aromatic rings. The minimum Gasteiger partial charge on any atom is -0.493 e. The van der Waals surface area contributed by atoms with Crippen LogP contribution in [-0.2, 0) is 0 Å². The lowest BCUT2D eigenvalue weighted by atomic mass is 10.2. The Morgan fingerprint density at radius 2 is 1.87 bits per heavy atom. The number of nitrogens with one attached hydrogen (secondary N) is 1. The highest BCUT2D eigenvalue weighted by Gasteiger charge is 2.08. The number of H-pyrrole nitrogens is 1. The predicted molar refractivity (Wildman–Crippen MR) is 53.3 cm³/mol. The van der Waals surface area contributed by atoms with E-state index in [0.717, 1.165) is 0 Å². The fourth-order valence-electron chi connectivity index (χ4n) is 1.32. The molecule has 0 spiro atoms. The maximum absolute atomic E-state index is 11.4. The summed E-state index contributed by atoms with van der Waals surface area (Å²) >= 11 is 0. The van der Waals surface area contributed by atoms with E-state index in [9.17, 15) is 4.79 Å². The van der Waals surface area contributed by atoms with Gasteiger partial charge in [0.1, 0.15) is 5.52 Å². The van der Waals surface area contributed by atoms with E-state index in [0.29, 0.717) is 22.4 Å². The predicted octanol–water partition coefficient (Wildman–Crippen LogP) is 0.335. The molecule has 1 N–H and O–H groups in total. The van der Waals surface area contributed by atoms with Gasteiger partial charge < -0.3 is 9.47 Å². The van der Waals surface area contributed by atoms with Crippen LogP contribution in [0.5, 0.6) is 11.5 Å². The van der Waals surface area contributed by atoms with Crippen molar-refractivity contribution in [3.05, 3.63) is 22.5 Å². The van der Waals surface area contributed by atoms with Gasteiger partial charge in [-0.25, -0.2) is 5.10 Å². The zero-order valence-corrected chi connectivity index (χ0v) is 8.27. The summed E-state index contributed by atoms with van der Waals surface area (Å²) in [6.07, 6.45) is 0. The van der Waals surface area contributed by atoms with Crippen LogP contribution in [0.15, 0.2) is 16.9 Å². The number of hydrogen-bond acceptors (Lipinski definition) is 5. The van der Waals surface area contributed by atoms with E-state index in [4.69, 9.17) is 9.47 Å². The highest BCUT2D eigenvalue weighted by Crippen LogP contribution is 2.29. The molecule has 0 atom stereocenters. The summed E-state index contributed by atoms with van der Waals surface area (Å²) in [7, 11) is 3.02. The van der Waals surface area contributed by atoms with Gasteiger partial charge in [0.2, 0.25) is 0 Å². The zero-order chi connectivity index (χ0) is 10.8. The van der Waals surface area contributed by atoms with Crippen LogP contribution in [0, 0.1) is 0 Å². The van der Waals surface area contributed by atoms with Crippen molar-refractivity contribution < 1.29 is 9.47 Å². The Hall–Kier alpha value is -2.11. The Kier molecular flexibility index (Phi) is 2.24. The normalized spacial score (nSPS) is 10.3. The lowest BCUT2D eigenvalue weighted by Crippen LogP contribution is -2.10. The standard InChI is InChI=1S/C9H9N3O3/c1-14-7-3-5-6(4-8(7)15-2)10-12-11-9(5)13/h3-4H,1-2H3,(H,10,11,13). The second kappa shape index (κ2) is 3.56. The smallest absolute Gasteiger partial charge is 0.275 e. The summed E-state index contributed by atoms with van der Waals surface area (Å²) in [5, 5.41) is 9.91. The van der Waals surface area contributed by atoms with Crippen LogP contribution in [0.25, 0.3) is 10.9 Å². The number of benzene rings is 1. The largest absolute Gasteiger partial charge is 0.493 e. The minimum atomic E-state index is -0.305. The summed E-state index contributed by atoms with van der Waals surface area (Å²) in [5.74, 6) is 1.01. The van der Waals surface area contributed by atoms with E-state index < -0.39 is 0 Å². The molecule has 6 heteroatoms. The molecule has 0 radical (unpaired) electrons. The molecule has 6 nitrogen and oxygen atoms in total. The molecule has 2 rings (SSSR count). The molecule has 0 bridgehead atoms. The van der Waals surface area contributed by atoms with Crippen LogP contribution < -0.4 is 15.0 Å². The molecule has 1 aromatic heterocycles. The van der Waals surface area contributed by atoms with Crippen molar-refractivity contribution in [1.29, 1.82) is 0 Å². The molecule has 0 aliphatic heterocycles. The monoisotopic (exact) mass is 207 g/mol. The number of methoxy groups -OCH3 is 2. The van der Waals surface area contributed by atoms with Crippen LogP contribution in [0.1, 0.15) is 0 Å². The number of hydrogen-bond donors (Lipinski definition) is 1. The fourth-order valence-corrected chi connectivity index (χ4v) is 1.32. The van der Waals surface area contributed by atoms with Crippen LogP contribution >= 0.6 is 0 Å². The SMILES string of the molecule is COc1cc2nn[nH]c(=O)c2cc1OC. The molecule has 0 aliphatic carbocycles. The van der Waals surface area contributed by atoms with Crippen LogP contribution in [-0.4, -0.2) is 29.6 Å². The molecule has 0 saturated carbocycles. The van der Waals surface area contributed by atoms with Crippen molar-refractivity contribution in [2.45, 2.75) is 0 Å². The third kappa shape index (κ3) is 1.50. The zero-order valence-electron chi connectivity index (χ0n) is 8.27. The third-order valence-electron chi connectivity index (χ3n) is 2.06. The topological polar surface area (TPSA) is 77.1 Å². The first kappa shape index (κ1) is 9.45. The van der Waals surface area contributed by atoms with Crippen molar-refractivity contribution >= 4 is 10.9 Å². The summed E-state index contributed by atoms with van der Waals surface area (Å²) in [6.45, 7) is 0. The molecule has 0 unspecified atom stereocenters. The lowest BCUT2D eigenvalue weighted by molar-refractivity contribution is 0.355. The molecule has 78 valence electrons. The molecule has 15 heavy (non-hydrogen) atoms. The fraction of sp³-hybridized carbons (Fsp3) is 0.222. The van der Waals surface area contributed by atoms with Gasteiger partial charge >= 0.3 is 0 Å². The molecular formula is C9H9N3O3. The second-order valence-electron chi connectivity index (χ2n) is 2.87. The summed E-state index contributed by atoms with van der Waals surface area (Å²) in [5.41, 5.74) is 0.164. The number of aromatic nitrogens is 3. The molecule has 0 aliphatic rings. The van der Waals surface area contributed by atoms with Gasteiger partial charge in [-0.1, -0.05) is 5.21 Å². The second-order valence-corrected chi connectivity index (χ2v) is 2.87. The van der Waals surface area contributed by atoms with E-state index in [2.05, 4.69) is 15.4 Å². The number of rotatable bonds is 2. The Balaban J connectivity index is 2.81. The summed E-state index contributed by atoms with van der Waals surface area (Å²) < 4.78 is 10.2. The van der Waals surface area contributed by atoms with Gasteiger partial charge in [-0.05, 0) is 6.07 Å². The van der Waals surface area contributed by atoms with Gasteiger partial charge in [0.15, 0.2) is 11.5 Å². The van der Waals surface area contributed by atoms with Gasteiger partial charge in [0.25, 0.3) is 5.56 Å². The third-order valence-corrected chi connectivity index (χ3v) is 2.06. The number of aromatic amines is 1. The van der Waals surface area contributed by atoms with Gasteiger partial charge in [-0.2, -0.15) is 0 Å². The van der Waals surface area contributed by atoms with Gasteiger partial charge in [0, 0.05) is 6.07 Å². The molecule has 0 fully saturated rings. The summed E-state index contributed by atoms with van der Waals surface area (Å²) in [4.78, 5) is 11.4. The number of fused-ring (bicyclic) bond motifs is 1. The average molecular weight is 207 g/mol. The van der Waals surface area contributed by atoms with Crippen LogP contribution in [0.4, 0.5) is 0 Å². The van der Waals surface area contributed by atoms with Crippen molar-refractivity contribution in [1.82, 2.24) is 15.4 Å². The van der Waals surface area contributed by atoms with Gasteiger partial charge in [-0.15, -0.1) is 5.10 Å². The maximum Gasteiger partial charge on any atom is 0.275 e. The quantitative estimate of drug-likeness (QED) is 0.768. The number of nitrogens with zero attached hydrogens (tertiary/aromatic N) is 2. The Bertz CT molecular complexity index is 550. The van der Waals surface area contributed by atoms with Crippen molar-refractivity contribution in [3.8, 4) is 11.5 Å². The molecule has 1 aromatic carbocycles. The average Bonchev–Trinajstić information content (AvgIpc) is 2.28. The van der Waals surface area contributed by atoms with Gasteiger partial charge in [-0.3, -0.25) is 4.79 Å². The molecule has 1 heterocycles. The van der Waals surface area contributed by atoms with Crippen LogP contribution in [0.2, 0.25) is 0 Å². The summed E-state index contributed by atoms with van der Waals surface area (Å²) in [6, 6.07) is 3.18. The van der Waals surface area contributed by atoms with E-state index in [-0.39, 0.29) is 5.56 Å². The van der Waals surface area contributed by atoms with Crippen LogP contribution in [0.3, 0.4) is 0 Å². The van der Waals surface area contributed by atoms with E-state index in [1.165, 1.54) is 14.2 Å². The van der Waals surface area contributed by atoms with Gasteiger partial charge in [0.05, 0.1) is 19.6 Å². The first-order valence-corrected chi connectivity index (χ1v) is 4.23. The minimum absolute atomic E-state index is 0.305. The highest BCUT2D eigenvalue weighted by atomic mass is 16.5. The number of ether oxygens (including phenoxy) is 2. The Morgan fingerprint density at radius 1 is 1.20 bits per heavy atom.